The Morgan fingerprint density at radius 3 is 2.68 bits per heavy atom. The fourth-order valence-electron chi connectivity index (χ4n) is 2.12. The van der Waals surface area contributed by atoms with Crippen molar-refractivity contribution >= 4 is 11.9 Å². The molecule has 102 valence electrons. The standard InChI is InChI=1S/C14H17NO4/c16-13(11-6-7-19-9-11)15-8-12(14(17)18)10-4-2-1-3-5-10/h1-5,11-12H,6-9H2,(H,15,16)(H,17,18). The number of carbonyl (C=O) groups excluding carboxylic acids is 1. The lowest BCUT2D eigenvalue weighted by atomic mass is 9.99. The Labute approximate surface area is 111 Å². The molecule has 1 saturated heterocycles. The van der Waals surface area contributed by atoms with Gasteiger partial charge in [-0.2, -0.15) is 0 Å². The maximum atomic E-state index is 11.8. The Bertz CT molecular complexity index is 440. The molecule has 1 aromatic rings. The van der Waals surface area contributed by atoms with Gasteiger partial charge in [0.25, 0.3) is 0 Å². The number of rotatable bonds is 5. The van der Waals surface area contributed by atoms with Crippen LogP contribution >= 0.6 is 0 Å². The van der Waals surface area contributed by atoms with Gasteiger partial charge in [-0.25, -0.2) is 0 Å². The summed E-state index contributed by atoms with van der Waals surface area (Å²) in [7, 11) is 0. The predicted octanol–water partition coefficient (Wildman–Crippen LogP) is 1.01. The van der Waals surface area contributed by atoms with Crippen LogP contribution in [-0.4, -0.2) is 36.7 Å². The van der Waals surface area contributed by atoms with Gasteiger partial charge < -0.3 is 15.2 Å². The summed E-state index contributed by atoms with van der Waals surface area (Å²) >= 11 is 0. The van der Waals surface area contributed by atoms with Crippen molar-refractivity contribution in [2.75, 3.05) is 19.8 Å². The van der Waals surface area contributed by atoms with Crippen molar-refractivity contribution in [3.8, 4) is 0 Å². The number of carboxylic acid groups (broad SMARTS) is 1. The zero-order valence-electron chi connectivity index (χ0n) is 10.5. The number of ether oxygens (including phenoxy) is 1. The highest BCUT2D eigenvalue weighted by Crippen LogP contribution is 2.16. The Morgan fingerprint density at radius 2 is 2.11 bits per heavy atom. The molecular weight excluding hydrogens is 246 g/mol. The second-order valence-electron chi connectivity index (χ2n) is 4.61. The SMILES string of the molecule is O=C(NCC(C(=O)O)c1ccccc1)C1CCOC1. The minimum Gasteiger partial charge on any atom is -0.481 e. The highest BCUT2D eigenvalue weighted by atomic mass is 16.5. The largest absolute Gasteiger partial charge is 0.481 e. The Morgan fingerprint density at radius 1 is 1.37 bits per heavy atom. The Hall–Kier alpha value is -1.88. The summed E-state index contributed by atoms with van der Waals surface area (Å²) in [6, 6.07) is 8.92. The van der Waals surface area contributed by atoms with Gasteiger partial charge in [-0.3, -0.25) is 9.59 Å². The lowest BCUT2D eigenvalue weighted by Gasteiger charge is -2.15. The van der Waals surface area contributed by atoms with E-state index in [-0.39, 0.29) is 18.4 Å². The number of hydrogen-bond donors (Lipinski definition) is 2. The molecule has 5 heteroatoms. The van der Waals surface area contributed by atoms with Crippen LogP contribution in [0.2, 0.25) is 0 Å². The molecule has 2 rings (SSSR count). The number of aliphatic carboxylic acids is 1. The summed E-state index contributed by atoms with van der Waals surface area (Å²) in [6.45, 7) is 1.13. The number of amides is 1. The predicted molar refractivity (Wildman–Crippen MR) is 68.8 cm³/mol. The van der Waals surface area contributed by atoms with Crippen molar-refractivity contribution in [1.82, 2.24) is 5.32 Å². The molecule has 0 saturated carbocycles. The number of nitrogens with one attached hydrogen (secondary N) is 1. The second kappa shape index (κ2) is 6.33. The highest BCUT2D eigenvalue weighted by Gasteiger charge is 2.26. The number of hydrogen-bond acceptors (Lipinski definition) is 3. The molecule has 0 radical (unpaired) electrons. The fourth-order valence-corrected chi connectivity index (χ4v) is 2.12. The molecule has 0 aromatic heterocycles. The molecule has 0 aliphatic carbocycles. The zero-order valence-corrected chi connectivity index (χ0v) is 10.5. The van der Waals surface area contributed by atoms with Gasteiger partial charge in [0.2, 0.25) is 5.91 Å². The van der Waals surface area contributed by atoms with Crippen molar-refractivity contribution in [2.45, 2.75) is 12.3 Å². The lowest BCUT2D eigenvalue weighted by molar-refractivity contribution is -0.138. The minimum atomic E-state index is -0.936. The van der Waals surface area contributed by atoms with Gasteiger partial charge in [0.05, 0.1) is 18.4 Å². The van der Waals surface area contributed by atoms with E-state index in [0.717, 1.165) is 0 Å². The van der Waals surface area contributed by atoms with E-state index in [1.807, 2.05) is 6.07 Å². The lowest BCUT2D eigenvalue weighted by Crippen LogP contribution is -2.36. The summed E-state index contributed by atoms with van der Waals surface area (Å²) in [6.07, 6.45) is 0.703. The molecule has 0 bridgehead atoms. The molecule has 1 fully saturated rings. The van der Waals surface area contributed by atoms with Crippen LogP contribution in [0.4, 0.5) is 0 Å². The van der Waals surface area contributed by atoms with E-state index >= 15 is 0 Å². The summed E-state index contributed by atoms with van der Waals surface area (Å²) in [4.78, 5) is 23.1. The molecule has 1 amide bonds. The molecule has 1 aromatic carbocycles. The van der Waals surface area contributed by atoms with Crippen LogP contribution in [0.15, 0.2) is 30.3 Å². The van der Waals surface area contributed by atoms with Gasteiger partial charge >= 0.3 is 5.97 Å². The van der Waals surface area contributed by atoms with Crippen LogP contribution in [0.25, 0.3) is 0 Å². The van der Waals surface area contributed by atoms with Gasteiger partial charge in [0.1, 0.15) is 0 Å². The summed E-state index contributed by atoms with van der Waals surface area (Å²) in [5.74, 6) is -1.92. The molecule has 2 N–H and O–H groups in total. The van der Waals surface area contributed by atoms with E-state index < -0.39 is 11.9 Å². The van der Waals surface area contributed by atoms with Crippen molar-refractivity contribution < 1.29 is 19.4 Å². The average Bonchev–Trinajstić information content (AvgIpc) is 2.93. The maximum Gasteiger partial charge on any atom is 0.312 e. The smallest absolute Gasteiger partial charge is 0.312 e. The van der Waals surface area contributed by atoms with Gasteiger partial charge in [-0.1, -0.05) is 30.3 Å². The van der Waals surface area contributed by atoms with Gasteiger partial charge in [0.15, 0.2) is 0 Å². The van der Waals surface area contributed by atoms with Crippen LogP contribution in [0.3, 0.4) is 0 Å². The molecule has 5 nitrogen and oxygen atoms in total. The first-order valence-electron chi connectivity index (χ1n) is 6.31. The van der Waals surface area contributed by atoms with Gasteiger partial charge in [-0.15, -0.1) is 0 Å². The van der Waals surface area contributed by atoms with Crippen LogP contribution in [-0.2, 0) is 14.3 Å². The van der Waals surface area contributed by atoms with Crippen LogP contribution < -0.4 is 5.32 Å². The van der Waals surface area contributed by atoms with Gasteiger partial charge in [0, 0.05) is 13.2 Å². The molecule has 0 spiro atoms. The van der Waals surface area contributed by atoms with Crippen LogP contribution in [0.1, 0.15) is 17.9 Å². The average molecular weight is 263 g/mol. The molecule has 1 aliphatic heterocycles. The van der Waals surface area contributed by atoms with E-state index in [1.54, 1.807) is 24.3 Å². The van der Waals surface area contributed by atoms with Crippen LogP contribution in [0, 0.1) is 5.92 Å². The zero-order chi connectivity index (χ0) is 13.7. The summed E-state index contributed by atoms with van der Waals surface area (Å²) in [5, 5.41) is 11.9. The Kier molecular flexibility index (Phi) is 4.52. The summed E-state index contributed by atoms with van der Waals surface area (Å²) < 4.78 is 5.14. The van der Waals surface area contributed by atoms with Crippen molar-refractivity contribution in [2.24, 2.45) is 5.92 Å². The number of carboxylic acids is 1. The first-order valence-corrected chi connectivity index (χ1v) is 6.31. The molecule has 19 heavy (non-hydrogen) atoms. The van der Waals surface area contributed by atoms with Gasteiger partial charge in [-0.05, 0) is 12.0 Å². The number of benzene rings is 1. The third-order valence-electron chi connectivity index (χ3n) is 3.28. The van der Waals surface area contributed by atoms with E-state index in [9.17, 15) is 14.7 Å². The van der Waals surface area contributed by atoms with E-state index in [4.69, 9.17) is 4.74 Å². The third-order valence-corrected chi connectivity index (χ3v) is 3.28. The molecule has 1 aliphatic rings. The van der Waals surface area contributed by atoms with Crippen molar-refractivity contribution in [3.63, 3.8) is 0 Å². The maximum absolute atomic E-state index is 11.8. The monoisotopic (exact) mass is 263 g/mol. The topological polar surface area (TPSA) is 75.6 Å². The van der Waals surface area contributed by atoms with E-state index in [0.29, 0.717) is 25.2 Å². The number of carbonyl (C=O) groups is 2. The highest BCUT2D eigenvalue weighted by molar-refractivity contribution is 5.81. The van der Waals surface area contributed by atoms with Crippen LogP contribution in [0.5, 0.6) is 0 Å². The summed E-state index contributed by atoms with van der Waals surface area (Å²) in [5.41, 5.74) is 0.693. The van der Waals surface area contributed by atoms with E-state index in [1.165, 1.54) is 0 Å². The molecule has 2 atom stereocenters. The second-order valence-corrected chi connectivity index (χ2v) is 4.61. The fraction of sp³-hybridized carbons (Fsp3) is 0.429. The Balaban J connectivity index is 1.94. The quantitative estimate of drug-likeness (QED) is 0.831. The van der Waals surface area contributed by atoms with E-state index in [2.05, 4.69) is 5.32 Å². The van der Waals surface area contributed by atoms with Crippen molar-refractivity contribution in [1.29, 1.82) is 0 Å². The molecule has 1 heterocycles. The minimum absolute atomic E-state index is 0.106. The molecule has 2 unspecified atom stereocenters. The first-order chi connectivity index (χ1) is 9.18. The molecular formula is C14H17NO4. The third kappa shape index (κ3) is 3.54. The van der Waals surface area contributed by atoms with Crippen molar-refractivity contribution in [3.05, 3.63) is 35.9 Å². The normalized spacial score (nSPS) is 19.9. The first kappa shape index (κ1) is 13.5.